The lowest BCUT2D eigenvalue weighted by atomic mass is 10.2. The summed E-state index contributed by atoms with van der Waals surface area (Å²) in [6.45, 7) is 4.96. The fraction of sp³-hybridized carbons (Fsp3) is 0.267. The number of nitrogens with zero attached hydrogens (tertiary/aromatic N) is 2. The number of aromatic nitrogens is 2. The lowest BCUT2D eigenvalue weighted by molar-refractivity contribution is 0.189. The highest BCUT2D eigenvalue weighted by Crippen LogP contribution is 2.20. The first kappa shape index (κ1) is 14.9. The summed E-state index contributed by atoms with van der Waals surface area (Å²) in [5.74, 6) is 1.74. The van der Waals surface area contributed by atoms with Gasteiger partial charge in [-0.25, -0.2) is 4.98 Å². The maximum Gasteiger partial charge on any atom is 0.147 e. The Labute approximate surface area is 128 Å². The van der Waals surface area contributed by atoms with E-state index < -0.39 is 0 Å². The Morgan fingerprint density at radius 1 is 1.30 bits per heavy atom. The van der Waals surface area contributed by atoms with Crippen molar-refractivity contribution in [3.8, 4) is 0 Å². The third-order valence-corrected chi connectivity index (χ3v) is 3.35. The maximum atomic E-state index is 6.01. The minimum absolute atomic E-state index is 0.442. The highest BCUT2D eigenvalue weighted by Gasteiger charge is 2.06. The van der Waals surface area contributed by atoms with Crippen LogP contribution in [0.2, 0.25) is 10.0 Å². The van der Waals surface area contributed by atoms with Crippen molar-refractivity contribution in [1.82, 2.24) is 9.55 Å². The van der Waals surface area contributed by atoms with E-state index in [4.69, 9.17) is 27.9 Å². The van der Waals surface area contributed by atoms with Crippen molar-refractivity contribution in [2.45, 2.75) is 27.0 Å². The standard InChI is InChI=1S/C15H16Cl2N2O/c1-3-11(2)20-10-15-18-4-5-19(15)9-12-6-13(16)8-14(17)7-12/h3-8H,9-10H2,1-2H3/b11-3+. The molecule has 5 heteroatoms. The molecule has 0 bridgehead atoms. The van der Waals surface area contributed by atoms with Gasteiger partial charge in [0.15, 0.2) is 0 Å². The van der Waals surface area contributed by atoms with Crippen LogP contribution in [0.5, 0.6) is 0 Å². The van der Waals surface area contributed by atoms with E-state index in [9.17, 15) is 0 Å². The van der Waals surface area contributed by atoms with E-state index >= 15 is 0 Å². The number of hydrogen-bond donors (Lipinski definition) is 0. The van der Waals surface area contributed by atoms with Crippen molar-refractivity contribution in [2.75, 3.05) is 0 Å². The third kappa shape index (κ3) is 4.02. The fourth-order valence-corrected chi connectivity index (χ4v) is 2.36. The van der Waals surface area contributed by atoms with E-state index in [2.05, 4.69) is 4.98 Å². The van der Waals surface area contributed by atoms with E-state index in [0.717, 1.165) is 17.1 Å². The summed E-state index contributed by atoms with van der Waals surface area (Å²) in [5, 5.41) is 1.27. The Kier molecular flexibility index (Phi) is 5.10. The zero-order chi connectivity index (χ0) is 14.5. The molecule has 0 saturated heterocycles. The van der Waals surface area contributed by atoms with Gasteiger partial charge in [0.1, 0.15) is 12.4 Å². The van der Waals surface area contributed by atoms with E-state index in [1.165, 1.54) is 0 Å². The normalized spacial score (nSPS) is 11.7. The van der Waals surface area contributed by atoms with Crippen LogP contribution in [0.1, 0.15) is 25.2 Å². The highest BCUT2D eigenvalue weighted by atomic mass is 35.5. The van der Waals surface area contributed by atoms with Crippen LogP contribution in [0, 0.1) is 0 Å². The van der Waals surface area contributed by atoms with Gasteiger partial charge in [-0.05, 0) is 43.7 Å². The number of halogens is 2. The zero-order valence-electron chi connectivity index (χ0n) is 11.4. The Hall–Kier alpha value is -1.45. The van der Waals surface area contributed by atoms with Crippen LogP contribution in [0.25, 0.3) is 0 Å². The van der Waals surface area contributed by atoms with Gasteiger partial charge in [0, 0.05) is 29.0 Å². The first-order chi connectivity index (χ1) is 9.58. The molecule has 0 N–H and O–H groups in total. The molecule has 1 aromatic carbocycles. The third-order valence-electron chi connectivity index (χ3n) is 2.91. The second-order valence-corrected chi connectivity index (χ2v) is 5.31. The van der Waals surface area contributed by atoms with Crippen LogP contribution < -0.4 is 0 Å². The minimum atomic E-state index is 0.442. The number of ether oxygens (including phenoxy) is 1. The van der Waals surface area contributed by atoms with Crippen molar-refractivity contribution in [2.24, 2.45) is 0 Å². The minimum Gasteiger partial charge on any atom is -0.491 e. The molecular weight excluding hydrogens is 295 g/mol. The maximum absolute atomic E-state index is 6.01. The monoisotopic (exact) mass is 310 g/mol. The predicted molar refractivity (Wildman–Crippen MR) is 82.0 cm³/mol. The molecule has 0 unspecified atom stereocenters. The lowest BCUT2D eigenvalue weighted by Crippen LogP contribution is -2.06. The van der Waals surface area contributed by atoms with E-state index in [-0.39, 0.29) is 0 Å². The summed E-state index contributed by atoms with van der Waals surface area (Å²) in [7, 11) is 0. The van der Waals surface area contributed by atoms with Crippen LogP contribution >= 0.6 is 23.2 Å². The Morgan fingerprint density at radius 3 is 2.65 bits per heavy atom. The van der Waals surface area contributed by atoms with Gasteiger partial charge in [0.25, 0.3) is 0 Å². The summed E-state index contributed by atoms with van der Waals surface area (Å²) in [6.07, 6.45) is 5.60. The first-order valence-corrected chi connectivity index (χ1v) is 7.05. The molecule has 0 atom stereocenters. The first-order valence-electron chi connectivity index (χ1n) is 6.29. The number of allylic oxidation sites excluding steroid dienone is 2. The molecule has 0 aliphatic rings. The molecule has 2 aromatic rings. The van der Waals surface area contributed by atoms with Gasteiger partial charge < -0.3 is 9.30 Å². The molecule has 0 radical (unpaired) electrons. The molecule has 0 amide bonds. The lowest BCUT2D eigenvalue weighted by Gasteiger charge is -2.10. The van der Waals surface area contributed by atoms with Gasteiger partial charge in [-0.2, -0.15) is 0 Å². The molecule has 0 aliphatic heterocycles. The molecule has 2 rings (SSSR count). The second-order valence-electron chi connectivity index (χ2n) is 4.44. The summed E-state index contributed by atoms with van der Waals surface area (Å²) in [5.41, 5.74) is 1.03. The van der Waals surface area contributed by atoms with E-state index in [1.54, 1.807) is 12.3 Å². The topological polar surface area (TPSA) is 27.1 Å². The quantitative estimate of drug-likeness (QED) is 0.750. The van der Waals surface area contributed by atoms with E-state index in [1.807, 2.05) is 42.8 Å². The molecule has 3 nitrogen and oxygen atoms in total. The molecule has 106 valence electrons. The Morgan fingerprint density at radius 2 is 2.00 bits per heavy atom. The van der Waals surface area contributed by atoms with E-state index in [0.29, 0.717) is 23.2 Å². The van der Waals surface area contributed by atoms with Crippen LogP contribution in [0.3, 0.4) is 0 Å². The molecular formula is C15H16Cl2N2O. The van der Waals surface area contributed by atoms with Crippen LogP contribution in [0.15, 0.2) is 42.4 Å². The number of imidazole rings is 1. The number of benzene rings is 1. The van der Waals surface area contributed by atoms with Crippen LogP contribution in [-0.2, 0) is 17.9 Å². The Bertz CT molecular complexity index is 600. The smallest absolute Gasteiger partial charge is 0.147 e. The number of rotatable bonds is 5. The SMILES string of the molecule is C/C=C(\C)OCc1nccn1Cc1cc(Cl)cc(Cl)c1. The fourth-order valence-electron chi connectivity index (χ4n) is 1.78. The molecule has 20 heavy (non-hydrogen) atoms. The average molecular weight is 311 g/mol. The summed E-state index contributed by atoms with van der Waals surface area (Å²) < 4.78 is 7.61. The largest absolute Gasteiger partial charge is 0.491 e. The van der Waals surface area contributed by atoms with Crippen molar-refractivity contribution in [1.29, 1.82) is 0 Å². The molecule has 1 aromatic heterocycles. The molecule has 0 spiro atoms. The van der Waals surface area contributed by atoms with Gasteiger partial charge in [0.05, 0.1) is 5.76 Å². The Balaban J connectivity index is 2.12. The van der Waals surface area contributed by atoms with Gasteiger partial charge in [0.2, 0.25) is 0 Å². The van der Waals surface area contributed by atoms with Crippen molar-refractivity contribution >= 4 is 23.2 Å². The average Bonchev–Trinajstić information content (AvgIpc) is 2.82. The highest BCUT2D eigenvalue weighted by molar-refractivity contribution is 6.34. The van der Waals surface area contributed by atoms with Gasteiger partial charge in [-0.1, -0.05) is 23.2 Å². The van der Waals surface area contributed by atoms with Gasteiger partial charge >= 0.3 is 0 Å². The molecule has 1 heterocycles. The summed E-state index contributed by atoms with van der Waals surface area (Å²) in [6, 6.07) is 5.52. The summed E-state index contributed by atoms with van der Waals surface area (Å²) in [4.78, 5) is 4.31. The van der Waals surface area contributed by atoms with Gasteiger partial charge in [-0.15, -0.1) is 0 Å². The van der Waals surface area contributed by atoms with Crippen molar-refractivity contribution in [3.05, 3.63) is 63.9 Å². The van der Waals surface area contributed by atoms with Crippen LogP contribution in [-0.4, -0.2) is 9.55 Å². The second kappa shape index (κ2) is 6.82. The van der Waals surface area contributed by atoms with Crippen LogP contribution in [0.4, 0.5) is 0 Å². The van der Waals surface area contributed by atoms with Crippen molar-refractivity contribution < 1.29 is 4.74 Å². The predicted octanol–water partition coefficient (Wildman–Crippen LogP) is 4.68. The zero-order valence-corrected chi connectivity index (χ0v) is 12.9. The summed E-state index contributed by atoms with van der Waals surface area (Å²) >= 11 is 12.0. The number of hydrogen-bond acceptors (Lipinski definition) is 2. The van der Waals surface area contributed by atoms with Crippen molar-refractivity contribution in [3.63, 3.8) is 0 Å². The van der Waals surface area contributed by atoms with Gasteiger partial charge in [-0.3, -0.25) is 0 Å². The molecule has 0 saturated carbocycles. The molecule has 0 fully saturated rings. The molecule has 0 aliphatic carbocycles.